The number of anilines is 1. The van der Waals surface area contributed by atoms with Crippen molar-refractivity contribution in [3.05, 3.63) is 78.5 Å². The highest BCUT2D eigenvalue weighted by Crippen LogP contribution is 2.28. The van der Waals surface area contributed by atoms with Crippen LogP contribution < -0.4 is 10.1 Å². The fourth-order valence-corrected chi connectivity index (χ4v) is 3.60. The van der Waals surface area contributed by atoms with Crippen LogP contribution in [0.25, 0.3) is 22.4 Å². The normalized spacial score (nSPS) is 10.5. The van der Waals surface area contributed by atoms with Crippen LogP contribution in [0.4, 0.5) is 5.82 Å². The molecule has 0 unspecified atom stereocenters. The minimum absolute atomic E-state index is 0.178. The third-order valence-electron chi connectivity index (χ3n) is 5.26. The molecular weight excluding hydrogens is 436 g/mol. The molecule has 0 atom stereocenters. The number of nitrogens with zero attached hydrogens (tertiary/aromatic N) is 3. The minimum atomic E-state index is -0.178. The molecule has 2 aromatic carbocycles. The number of hydrogen-bond acceptors (Lipinski definition) is 5. The maximum absolute atomic E-state index is 11.2. The molecule has 1 N–H and O–H groups in total. The lowest BCUT2D eigenvalue weighted by atomic mass is 10.0. The van der Waals surface area contributed by atoms with E-state index in [1.54, 1.807) is 18.3 Å². The number of ether oxygens (including phenoxy) is 1. The van der Waals surface area contributed by atoms with Crippen molar-refractivity contribution in [2.75, 3.05) is 11.9 Å². The molecule has 182 valence electrons. The summed E-state index contributed by atoms with van der Waals surface area (Å²) in [4.78, 5) is 24.4. The standard InChI is InChI=1S/C17H16N4O2.C12H18/c1-3-23-15-7-5-4-6-12(15)14-10-18-13-8-9-16(19-11(2)22)21-17(13)20-14;1-11(2)7-6-10-12-8-4-3-5-9-12/h4-10H,3H2,1-2H3,(H,19,20,21,22);3-5,8-9,11H,6-7,10H2,1-2H3. The summed E-state index contributed by atoms with van der Waals surface area (Å²) in [7, 11) is 0. The molecule has 4 rings (SSSR count). The van der Waals surface area contributed by atoms with Gasteiger partial charge in [0.1, 0.15) is 17.1 Å². The number of carbonyl (C=O) groups excluding carboxylic acids is 1. The lowest BCUT2D eigenvalue weighted by Gasteiger charge is -2.09. The van der Waals surface area contributed by atoms with E-state index in [1.165, 1.54) is 31.7 Å². The van der Waals surface area contributed by atoms with Gasteiger partial charge in [-0.05, 0) is 55.5 Å². The zero-order chi connectivity index (χ0) is 25.0. The Morgan fingerprint density at radius 1 is 0.971 bits per heavy atom. The van der Waals surface area contributed by atoms with Gasteiger partial charge in [0.25, 0.3) is 0 Å². The highest BCUT2D eigenvalue weighted by molar-refractivity contribution is 5.89. The lowest BCUT2D eigenvalue weighted by molar-refractivity contribution is -0.114. The summed E-state index contributed by atoms with van der Waals surface area (Å²) in [6, 6.07) is 21.9. The zero-order valence-corrected chi connectivity index (χ0v) is 21.0. The minimum Gasteiger partial charge on any atom is -0.493 e. The molecule has 0 radical (unpaired) electrons. The Hall–Kier alpha value is -3.80. The molecule has 0 saturated heterocycles. The second-order valence-electron chi connectivity index (χ2n) is 8.68. The van der Waals surface area contributed by atoms with Crippen LogP contribution in [0.5, 0.6) is 5.75 Å². The summed E-state index contributed by atoms with van der Waals surface area (Å²) in [6.07, 6.45) is 5.59. The van der Waals surface area contributed by atoms with Crippen molar-refractivity contribution in [1.82, 2.24) is 15.0 Å². The molecule has 1 amide bonds. The predicted molar refractivity (Wildman–Crippen MR) is 142 cm³/mol. The fraction of sp³-hybridized carbons (Fsp3) is 0.310. The van der Waals surface area contributed by atoms with Gasteiger partial charge in [-0.25, -0.2) is 9.97 Å². The molecular formula is C29H34N4O2. The van der Waals surface area contributed by atoms with E-state index >= 15 is 0 Å². The summed E-state index contributed by atoms with van der Waals surface area (Å²) in [6.45, 7) is 8.51. The number of fused-ring (bicyclic) bond motifs is 1. The molecule has 0 fully saturated rings. The number of pyridine rings is 1. The quantitative estimate of drug-likeness (QED) is 0.309. The highest BCUT2D eigenvalue weighted by Gasteiger charge is 2.10. The molecule has 6 heteroatoms. The maximum Gasteiger partial charge on any atom is 0.222 e. The molecule has 35 heavy (non-hydrogen) atoms. The number of amides is 1. The van der Waals surface area contributed by atoms with Crippen LogP contribution in [0.15, 0.2) is 72.9 Å². The summed E-state index contributed by atoms with van der Waals surface area (Å²) >= 11 is 0. The second kappa shape index (κ2) is 13.2. The van der Waals surface area contributed by atoms with Gasteiger partial charge >= 0.3 is 0 Å². The van der Waals surface area contributed by atoms with Crippen LogP contribution in [0, 0.1) is 5.92 Å². The van der Waals surface area contributed by atoms with Crippen LogP contribution in [-0.4, -0.2) is 27.5 Å². The first-order valence-electron chi connectivity index (χ1n) is 12.1. The van der Waals surface area contributed by atoms with Gasteiger partial charge in [0.2, 0.25) is 5.91 Å². The number of aryl methyl sites for hydroxylation is 1. The van der Waals surface area contributed by atoms with Crippen LogP contribution in [0.2, 0.25) is 0 Å². The van der Waals surface area contributed by atoms with Crippen LogP contribution in [0.1, 0.15) is 46.1 Å². The van der Waals surface area contributed by atoms with E-state index in [9.17, 15) is 4.79 Å². The molecule has 0 spiro atoms. The van der Waals surface area contributed by atoms with Crippen molar-refractivity contribution in [3.63, 3.8) is 0 Å². The fourth-order valence-electron chi connectivity index (χ4n) is 3.60. The Morgan fingerprint density at radius 3 is 2.43 bits per heavy atom. The van der Waals surface area contributed by atoms with Crippen molar-refractivity contribution in [3.8, 4) is 17.0 Å². The molecule has 0 aliphatic heterocycles. The zero-order valence-electron chi connectivity index (χ0n) is 21.0. The Labute approximate surface area is 207 Å². The second-order valence-corrected chi connectivity index (χ2v) is 8.68. The van der Waals surface area contributed by atoms with Crippen molar-refractivity contribution in [2.24, 2.45) is 5.92 Å². The monoisotopic (exact) mass is 470 g/mol. The van der Waals surface area contributed by atoms with Crippen molar-refractivity contribution in [2.45, 2.75) is 47.0 Å². The molecule has 0 aliphatic rings. The summed E-state index contributed by atoms with van der Waals surface area (Å²) in [5.74, 6) is 1.87. The van der Waals surface area contributed by atoms with E-state index in [0.717, 1.165) is 17.2 Å². The van der Waals surface area contributed by atoms with Gasteiger partial charge in [-0.2, -0.15) is 0 Å². The van der Waals surface area contributed by atoms with Crippen molar-refractivity contribution in [1.29, 1.82) is 0 Å². The smallest absolute Gasteiger partial charge is 0.222 e. The Morgan fingerprint density at radius 2 is 1.71 bits per heavy atom. The number of carbonyl (C=O) groups is 1. The lowest BCUT2D eigenvalue weighted by Crippen LogP contribution is -2.07. The number of hydrogen-bond donors (Lipinski definition) is 1. The van der Waals surface area contributed by atoms with Gasteiger partial charge < -0.3 is 10.1 Å². The Bertz CT molecular complexity index is 1230. The maximum atomic E-state index is 11.2. The molecule has 0 saturated carbocycles. The van der Waals surface area contributed by atoms with Gasteiger partial charge in [0.05, 0.1) is 18.5 Å². The molecule has 2 aromatic heterocycles. The van der Waals surface area contributed by atoms with E-state index in [4.69, 9.17) is 4.74 Å². The summed E-state index contributed by atoms with van der Waals surface area (Å²) in [5.41, 5.74) is 4.14. The van der Waals surface area contributed by atoms with E-state index in [0.29, 0.717) is 29.3 Å². The topological polar surface area (TPSA) is 77.0 Å². The molecule has 2 heterocycles. The first kappa shape index (κ1) is 25.8. The molecule has 0 bridgehead atoms. The third-order valence-corrected chi connectivity index (χ3v) is 5.26. The number of aromatic nitrogens is 3. The largest absolute Gasteiger partial charge is 0.493 e. The van der Waals surface area contributed by atoms with Gasteiger partial charge in [0, 0.05) is 12.5 Å². The van der Waals surface area contributed by atoms with Crippen molar-refractivity contribution < 1.29 is 9.53 Å². The third kappa shape index (κ3) is 8.18. The predicted octanol–water partition coefficient (Wildman–Crippen LogP) is 6.71. The van der Waals surface area contributed by atoms with E-state index in [-0.39, 0.29) is 5.91 Å². The number of para-hydroxylation sites is 1. The van der Waals surface area contributed by atoms with E-state index in [1.807, 2.05) is 31.2 Å². The first-order valence-corrected chi connectivity index (χ1v) is 12.1. The van der Waals surface area contributed by atoms with Crippen LogP contribution in [-0.2, 0) is 11.2 Å². The number of benzene rings is 2. The Balaban J connectivity index is 0.000000241. The first-order chi connectivity index (χ1) is 17.0. The SMILES string of the molecule is CC(C)CCCc1ccccc1.CCOc1ccccc1-c1cnc2ccc(NC(C)=O)nc2n1. The molecule has 4 aromatic rings. The van der Waals surface area contributed by atoms with E-state index in [2.05, 4.69) is 64.4 Å². The average molecular weight is 471 g/mol. The highest BCUT2D eigenvalue weighted by atomic mass is 16.5. The van der Waals surface area contributed by atoms with Gasteiger partial charge in [-0.1, -0.05) is 62.7 Å². The summed E-state index contributed by atoms with van der Waals surface area (Å²) in [5, 5.41) is 2.65. The molecule has 6 nitrogen and oxygen atoms in total. The van der Waals surface area contributed by atoms with Crippen LogP contribution >= 0.6 is 0 Å². The molecule has 0 aliphatic carbocycles. The average Bonchev–Trinajstić information content (AvgIpc) is 2.85. The van der Waals surface area contributed by atoms with Gasteiger partial charge in [0.15, 0.2) is 5.65 Å². The number of rotatable bonds is 8. The number of nitrogens with one attached hydrogen (secondary N) is 1. The van der Waals surface area contributed by atoms with E-state index < -0.39 is 0 Å². The van der Waals surface area contributed by atoms with Crippen LogP contribution in [0.3, 0.4) is 0 Å². The Kier molecular flexibility index (Phi) is 9.72. The van der Waals surface area contributed by atoms with Crippen molar-refractivity contribution >= 4 is 22.9 Å². The van der Waals surface area contributed by atoms with Gasteiger partial charge in [-0.3, -0.25) is 9.78 Å². The summed E-state index contributed by atoms with van der Waals surface area (Å²) < 4.78 is 5.63. The van der Waals surface area contributed by atoms with Gasteiger partial charge in [-0.15, -0.1) is 0 Å².